The van der Waals surface area contributed by atoms with E-state index in [-0.39, 0.29) is 5.91 Å². The Morgan fingerprint density at radius 3 is 2.94 bits per heavy atom. The van der Waals surface area contributed by atoms with Gasteiger partial charge in [-0.3, -0.25) is 9.48 Å². The Morgan fingerprint density at radius 2 is 2.38 bits per heavy atom. The zero-order valence-corrected chi connectivity index (χ0v) is 10.5. The van der Waals surface area contributed by atoms with Crippen molar-refractivity contribution in [2.24, 2.45) is 0 Å². The third-order valence-corrected chi connectivity index (χ3v) is 2.82. The second kappa shape index (κ2) is 6.53. The molecule has 0 aliphatic heterocycles. The fraction of sp³-hybridized carbons (Fsp3) is 0.636. The molecular weight excluding hydrogens is 226 g/mol. The number of unbranched alkanes of at least 4 members (excludes halogenated alkanes) is 1. The van der Waals surface area contributed by atoms with Gasteiger partial charge < -0.3 is 5.32 Å². The summed E-state index contributed by atoms with van der Waals surface area (Å²) < 4.78 is 1.75. The SMILES string of the molecule is CCCCNC(=O)CCn1ncc(Cl)c1C. The molecule has 0 bridgehead atoms. The lowest BCUT2D eigenvalue weighted by Gasteiger charge is -2.05. The number of hydrogen-bond acceptors (Lipinski definition) is 2. The molecular formula is C11H18ClN3O. The molecule has 0 saturated carbocycles. The van der Waals surface area contributed by atoms with Gasteiger partial charge in [0.15, 0.2) is 0 Å². The largest absolute Gasteiger partial charge is 0.356 e. The molecule has 1 N–H and O–H groups in total. The molecule has 1 heterocycles. The molecule has 0 radical (unpaired) electrons. The van der Waals surface area contributed by atoms with Crippen molar-refractivity contribution in [3.63, 3.8) is 0 Å². The first-order valence-electron chi connectivity index (χ1n) is 5.59. The van der Waals surface area contributed by atoms with E-state index in [1.807, 2.05) is 6.92 Å². The maximum Gasteiger partial charge on any atom is 0.221 e. The minimum atomic E-state index is 0.0690. The Morgan fingerprint density at radius 1 is 1.62 bits per heavy atom. The lowest BCUT2D eigenvalue weighted by atomic mass is 10.3. The van der Waals surface area contributed by atoms with Crippen molar-refractivity contribution in [2.45, 2.75) is 39.7 Å². The van der Waals surface area contributed by atoms with Gasteiger partial charge in [0.25, 0.3) is 0 Å². The Balaban J connectivity index is 2.29. The Kier molecular flexibility index (Phi) is 5.32. The second-order valence-corrected chi connectivity index (χ2v) is 4.16. The summed E-state index contributed by atoms with van der Waals surface area (Å²) in [7, 11) is 0. The van der Waals surface area contributed by atoms with Gasteiger partial charge in [-0.15, -0.1) is 0 Å². The first-order valence-corrected chi connectivity index (χ1v) is 5.97. The molecule has 0 aromatic carbocycles. The van der Waals surface area contributed by atoms with Crippen LogP contribution in [0.4, 0.5) is 0 Å². The predicted molar refractivity (Wildman–Crippen MR) is 64.5 cm³/mol. The lowest BCUT2D eigenvalue weighted by molar-refractivity contribution is -0.121. The van der Waals surface area contributed by atoms with Gasteiger partial charge in [-0.05, 0) is 13.3 Å². The van der Waals surface area contributed by atoms with Crippen LogP contribution < -0.4 is 5.32 Å². The zero-order valence-electron chi connectivity index (χ0n) is 9.79. The summed E-state index contributed by atoms with van der Waals surface area (Å²) in [4.78, 5) is 11.4. The summed E-state index contributed by atoms with van der Waals surface area (Å²) in [6, 6.07) is 0. The van der Waals surface area contributed by atoms with Crippen molar-refractivity contribution in [3.05, 3.63) is 16.9 Å². The molecule has 0 atom stereocenters. The number of hydrogen-bond donors (Lipinski definition) is 1. The van der Waals surface area contributed by atoms with Crippen molar-refractivity contribution >= 4 is 17.5 Å². The van der Waals surface area contributed by atoms with Gasteiger partial charge in [-0.2, -0.15) is 5.10 Å². The van der Waals surface area contributed by atoms with E-state index in [1.54, 1.807) is 10.9 Å². The summed E-state index contributed by atoms with van der Waals surface area (Å²) in [6.45, 7) is 5.33. The molecule has 0 saturated heterocycles. The normalized spacial score (nSPS) is 10.4. The third kappa shape index (κ3) is 3.85. The van der Waals surface area contributed by atoms with Crippen LogP contribution in [-0.2, 0) is 11.3 Å². The number of aryl methyl sites for hydroxylation is 1. The molecule has 5 heteroatoms. The van der Waals surface area contributed by atoms with Crippen molar-refractivity contribution in [1.82, 2.24) is 15.1 Å². The van der Waals surface area contributed by atoms with E-state index in [4.69, 9.17) is 11.6 Å². The van der Waals surface area contributed by atoms with Crippen LogP contribution in [0.25, 0.3) is 0 Å². The van der Waals surface area contributed by atoms with E-state index < -0.39 is 0 Å². The smallest absolute Gasteiger partial charge is 0.221 e. The number of carbonyl (C=O) groups is 1. The van der Waals surface area contributed by atoms with E-state index in [9.17, 15) is 4.79 Å². The fourth-order valence-electron chi connectivity index (χ4n) is 1.35. The van der Waals surface area contributed by atoms with Crippen LogP contribution in [0.2, 0.25) is 5.02 Å². The zero-order chi connectivity index (χ0) is 12.0. The lowest BCUT2D eigenvalue weighted by Crippen LogP contribution is -2.25. The highest BCUT2D eigenvalue weighted by molar-refractivity contribution is 6.31. The first-order chi connectivity index (χ1) is 7.65. The molecule has 0 fully saturated rings. The van der Waals surface area contributed by atoms with Gasteiger partial charge in [-0.1, -0.05) is 24.9 Å². The van der Waals surface area contributed by atoms with Crippen LogP contribution in [0.1, 0.15) is 31.9 Å². The van der Waals surface area contributed by atoms with E-state index >= 15 is 0 Å². The number of nitrogens with zero attached hydrogens (tertiary/aromatic N) is 2. The van der Waals surface area contributed by atoms with Gasteiger partial charge in [0.1, 0.15) is 0 Å². The second-order valence-electron chi connectivity index (χ2n) is 3.75. The molecule has 0 aliphatic carbocycles. The quantitative estimate of drug-likeness (QED) is 0.779. The average Bonchev–Trinajstić information content (AvgIpc) is 2.58. The number of nitrogens with one attached hydrogen (secondary N) is 1. The van der Waals surface area contributed by atoms with Gasteiger partial charge in [0.05, 0.1) is 23.5 Å². The molecule has 4 nitrogen and oxygen atoms in total. The number of amides is 1. The Hall–Kier alpha value is -1.03. The molecule has 0 unspecified atom stereocenters. The maximum absolute atomic E-state index is 11.4. The molecule has 1 rings (SSSR count). The van der Waals surface area contributed by atoms with Crippen LogP contribution in [-0.4, -0.2) is 22.2 Å². The number of halogens is 1. The molecule has 90 valence electrons. The monoisotopic (exact) mass is 243 g/mol. The van der Waals surface area contributed by atoms with E-state index in [0.29, 0.717) is 18.0 Å². The molecule has 1 aromatic heterocycles. The van der Waals surface area contributed by atoms with Crippen molar-refractivity contribution in [3.8, 4) is 0 Å². The fourth-order valence-corrected chi connectivity index (χ4v) is 1.49. The van der Waals surface area contributed by atoms with Crippen molar-refractivity contribution in [2.75, 3.05) is 6.54 Å². The number of carbonyl (C=O) groups excluding carboxylic acids is 1. The summed E-state index contributed by atoms with van der Waals surface area (Å²) in [6.07, 6.45) is 4.17. The molecule has 1 aromatic rings. The summed E-state index contributed by atoms with van der Waals surface area (Å²) >= 11 is 5.86. The maximum atomic E-state index is 11.4. The van der Waals surface area contributed by atoms with Crippen LogP contribution in [0, 0.1) is 6.92 Å². The van der Waals surface area contributed by atoms with Crippen molar-refractivity contribution in [1.29, 1.82) is 0 Å². The summed E-state index contributed by atoms with van der Waals surface area (Å²) in [5.41, 5.74) is 0.906. The summed E-state index contributed by atoms with van der Waals surface area (Å²) in [5.74, 6) is 0.0690. The average molecular weight is 244 g/mol. The highest BCUT2D eigenvalue weighted by Gasteiger charge is 2.06. The van der Waals surface area contributed by atoms with Gasteiger partial charge in [0, 0.05) is 13.0 Å². The van der Waals surface area contributed by atoms with Crippen LogP contribution in [0.3, 0.4) is 0 Å². The topological polar surface area (TPSA) is 46.9 Å². The van der Waals surface area contributed by atoms with E-state index in [1.165, 1.54) is 0 Å². The minimum Gasteiger partial charge on any atom is -0.356 e. The molecule has 16 heavy (non-hydrogen) atoms. The highest BCUT2D eigenvalue weighted by Crippen LogP contribution is 2.13. The molecule has 1 amide bonds. The van der Waals surface area contributed by atoms with Crippen LogP contribution >= 0.6 is 11.6 Å². The van der Waals surface area contributed by atoms with E-state index in [0.717, 1.165) is 25.1 Å². The van der Waals surface area contributed by atoms with Crippen LogP contribution in [0.5, 0.6) is 0 Å². The number of aromatic nitrogens is 2. The summed E-state index contributed by atoms with van der Waals surface area (Å²) in [5, 5.41) is 7.60. The number of rotatable bonds is 6. The molecule has 0 spiro atoms. The molecule has 0 aliphatic rings. The standard InChI is InChI=1S/C11H18ClN3O/c1-3-4-6-13-11(16)5-7-15-9(2)10(12)8-14-15/h8H,3-7H2,1-2H3,(H,13,16). The van der Waals surface area contributed by atoms with Gasteiger partial charge >= 0.3 is 0 Å². The van der Waals surface area contributed by atoms with Crippen molar-refractivity contribution < 1.29 is 4.79 Å². The minimum absolute atomic E-state index is 0.0690. The highest BCUT2D eigenvalue weighted by atomic mass is 35.5. The first kappa shape index (κ1) is 13.0. The van der Waals surface area contributed by atoms with Gasteiger partial charge in [0.2, 0.25) is 5.91 Å². The van der Waals surface area contributed by atoms with Gasteiger partial charge in [-0.25, -0.2) is 0 Å². The van der Waals surface area contributed by atoms with Crippen LogP contribution in [0.15, 0.2) is 6.20 Å². The Bertz CT molecular complexity index is 349. The third-order valence-electron chi connectivity index (χ3n) is 2.45. The Labute approximate surface area is 101 Å². The van der Waals surface area contributed by atoms with E-state index in [2.05, 4.69) is 17.3 Å². The predicted octanol–water partition coefficient (Wildman–Crippen LogP) is 2.15.